The van der Waals surface area contributed by atoms with Crippen LogP contribution in [0.2, 0.25) is 0 Å². The van der Waals surface area contributed by atoms with Crippen LogP contribution in [0.1, 0.15) is 69.7 Å². The number of rotatable bonds is 14. The molecule has 0 saturated heterocycles. The molecule has 12 nitrogen and oxygen atoms in total. The molecule has 3 heterocycles. The number of methoxy groups -OCH3 is 2. The minimum Gasteiger partial charge on any atom is -0.493 e. The molecule has 314 valence electrons. The van der Waals surface area contributed by atoms with Crippen LogP contribution in [0.25, 0.3) is 0 Å². The third-order valence-corrected chi connectivity index (χ3v) is 11.4. The van der Waals surface area contributed by atoms with Crippen LogP contribution >= 0.6 is 12.6 Å². The zero-order chi connectivity index (χ0) is 42.8. The van der Waals surface area contributed by atoms with E-state index in [2.05, 4.69) is 23.3 Å². The summed E-state index contributed by atoms with van der Waals surface area (Å²) >= 11 is 4.59. The van der Waals surface area contributed by atoms with E-state index in [1.54, 1.807) is 48.2 Å². The minimum atomic E-state index is -0.307. The Balaban J connectivity index is 1.04. The summed E-state index contributed by atoms with van der Waals surface area (Å²) in [4.78, 5) is 49.3. The Hall–Kier alpha value is -6.47. The molecule has 0 radical (unpaired) electrons. The van der Waals surface area contributed by atoms with Crippen molar-refractivity contribution in [1.82, 2.24) is 0 Å². The van der Waals surface area contributed by atoms with Gasteiger partial charge in [0.15, 0.2) is 23.0 Å². The Morgan fingerprint density at radius 2 is 1.49 bits per heavy atom. The number of ether oxygens (including phenoxy) is 4. The van der Waals surface area contributed by atoms with E-state index in [0.29, 0.717) is 70.6 Å². The number of benzene rings is 5. The maximum atomic E-state index is 14.0. The highest BCUT2D eigenvalue weighted by Crippen LogP contribution is 2.42. The fourth-order valence-corrected chi connectivity index (χ4v) is 8.18. The van der Waals surface area contributed by atoms with Crippen molar-refractivity contribution in [2.24, 2.45) is 4.99 Å². The minimum absolute atomic E-state index is 0.0962. The van der Waals surface area contributed by atoms with Crippen LogP contribution in [0.15, 0.2) is 96.0 Å². The first-order chi connectivity index (χ1) is 29.4. The lowest BCUT2D eigenvalue weighted by Crippen LogP contribution is -2.37. The van der Waals surface area contributed by atoms with Crippen molar-refractivity contribution >= 4 is 65.0 Å². The molecule has 3 aliphatic heterocycles. The van der Waals surface area contributed by atoms with Gasteiger partial charge in [0.25, 0.3) is 11.8 Å². The molecule has 3 amide bonds. The topological polar surface area (TPSA) is 131 Å². The van der Waals surface area contributed by atoms with E-state index in [-0.39, 0.29) is 48.1 Å². The second-order valence-corrected chi connectivity index (χ2v) is 17.2. The number of amides is 3. The van der Waals surface area contributed by atoms with Crippen molar-refractivity contribution in [3.8, 4) is 23.0 Å². The van der Waals surface area contributed by atoms with E-state index >= 15 is 0 Å². The number of hydrogen-bond acceptors (Lipinski definition) is 10. The number of hydrogen-bond donors (Lipinski definition) is 3. The van der Waals surface area contributed by atoms with Gasteiger partial charge >= 0.3 is 0 Å². The van der Waals surface area contributed by atoms with Crippen LogP contribution in [0.3, 0.4) is 0 Å². The number of aliphatic imine (C=N–C) groups is 1. The zero-order valence-electron chi connectivity index (χ0n) is 34.9. The second kappa shape index (κ2) is 17.3. The summed E-state index contributed by atoms with van der Waals surface area (Å²) < 4.78 is 24.0. The van der Waals surface area contributed by atoms with Gasteiger partial charge in [-0.3, -0.25) is 24.3 Å². The molecule has 8 rings (SSSR count). The quantitative estimate of drug-likeness (QED) is 0.0947. The summed E-state index contributed by atoms with van der Waals surface area (Å²) in [5.74, 6) is 1.20. The van der Waals surface area contributed by atoms with E-state index in [1.165, 1.54) is 7.11 Å². The average molecular weight is 840 g/mol. The van der Waals surface area contributed by atoms with Gasteiger partial charge in [0.2, 0.25) is 5.91 Å². The van der Waals surface area contributed by atoms with Crippen molar-refractivity contribution in [2.45, 2.75) is 63.5 Å². The summed E-state index contributed by atoms with van der Waals surface area (Å²) in [6.07, 6.45) is 4.18. The molecule has 0 aliphatic carbocycles. The maximum absolute atomic E-state index is 14.0. The highest BCUT2D eigenvalue weighted by Gasteiger charge is 2.36. The summed E-state index contributed by atoms with van der Waals surface area (Å²) in [6, 6.07) is 28.2. The van der Waals surface area contributed by atoms with Crippen molar-refractivity contribution in [3.63, 3.8) is 0 Å². The van der Waals surface area contributed by atoms with E-state index in [0.717, 1.165) is 40.0 Å². The molecule has 61 heavy (non-hydrogen) atoms. The molecule has 5 aromatic carbocycles. The molecule has 1 atom stereocenters. The molecular weight excluding hydrogens is 791 g/mol. The normalized spacial score (nSPS) is 15.0. The Labute approximate surface area is 361 Å². The van der Waals surface area contributed by atoms with Crippen LogP contribution in [-0.4, -0.2) is 62.5 Å². The van der Waals surface area contributed by atoms with Crippen LogP contribution in [0, 0.1) is 0 Å². The average Bonchev–Trinajstić information content (AvgIpc) is 3.83. The fraction of sp³-hybridized carbons (Fsp3) is 0.292. The molecule has 3 aliphatic rings. The van der Waals surface area contributed by atoms with Gasteiger partial charge in [-0.05, 0) is 77.6 Å². The van der Waals surface area contributed by atoms with Crippen LogP contribution < -0.4 is 39.4 Å². The Morgan fingerprint density at radius 1 is 0.836 bits per heavy atom. The third-order valence-electron chi connectivity index (χ3n) is 11.2. The predicted octanol–water partition coefficient (Wildman–Crippen LogP) is 8.82. The van der Waals surface area contributed by atoms with Crippen LogP contribution in [-0.2, 0) is 30.8 Å². The van der Waals surface area contributed by atoms with Gasteiger partial charge in [-0.15, -0.1) is 0 Å². The smallest absolute Gasteiger partial charge is 0.261 e. The van der Waals surface area contributed by atoms with Crippen molar-refractivity contribution in [3.05, 3.63) is 124 Å². The SMILES string of the molecule is CNc1cc(OCc2cc(COc3cc4c(cc3OC)C(=O)N3c5ccccc5CC3C=N4)cc(NC(=O)CCC(C)(C)S)c2)c(OC)cc1C(=O)N1CCc2ccccc21. The Kier molecular flexibility index (Phi) is 11.7. The lowest BCUT2D eigenvalue weighted by atomic mass is 10.1. The summed E-state index contributed by atoms with van der Waals surface area (Å²) in [6.45, 7) is 4.73. The van der Waals surface area contributed by atoms with E-state index in [4.69, 9.17) is 23.9 Å². The fourth-order valence-electron chi connectivity index (χ4n) is 8.07. The highest BCUT2D eigenvalue weighted by atomic mass is 32.1. The van der Waals surface area contributed by atoms with E-state index in [1.807, 2.05) is 86.8 Å². The Morgan fingerprint density at radius 3 is 2.18 bits per heavy atom. The van der Waals surface area contributed by atoms with Crippen LogP contribution in [0.5, 0.6) is 23.0 Å². The molecular formula is C48H49N5O7S. The molecule has 1 unspecified atom stereocenters. The highest BCUT2D eigenvalue weighted by molar-refractivity contribution is 7.81. The maximum Gasteiger partial charge on any atom is 0.261 e. The first-order valence-corrected chi connectivity index (χ1v) is 20.8. The van der Waals surface area contributed by atoms with Crippen molar-refractivity contribution in [1.29, 1.82) is 0 Å². The number of fused-ring (bicyclic) bond motifs is 5. The van der Waals surface area contributed by atoms with Crippen molar-refractivity contribution in [2.75, 3.05) is 48.2 Å². The number of anilines is 4. The number of nitrogens with zero attached hydrogens (tertiary/aromatic N) is 3. The van der Waals surface area contributed by atoms with Crippen LogP contribution in [0.4, 0.5) is 28.4 Å². The zero-order valence-corrected chi connectivity index (χ0v) is 35.8. The number of carbonyl (C=O) groups is 3. The first kappa shape index (κ1) is 41.3. The predicted molar refractivity (Wildman–Crippen MR) is 242 cm³/mol. The molecule has 0 saturated carbocycles. The van der Waals surface area contributed by atoms with Gasteiger partial charge < -0.3 is 34.5 Å². The third kappa shape index (κ3) is 8.74. The molecule has 0 fully saturated rings. The van der Waals surface area contributed by atoms with E-state index < -0.39 is 0 Å². The van der Waals surface area contributed by atoms with Gasteiger partial charge in [-0.2, -0.15) is 12.6 Å². The summed E-state index contributed by atoms with van der Waals surface area (Å²) in [5, 5.41) is 6.21. The largest absolute Gasteiger partial charge is 0.493 e. The van der Waals surface area contributed by atoms with Gasteiger partial charge in [0.1, 0.15) is 13.2 Å². The Bertz CT molecular complexity index is 2550. The second-order valence-electron chi connectivity index (χ2n) is 16.0. The van der Waals surface area contributed by atoms with Gasteiger partial charge in [0.05, 0.1) is 42.8 Å². The summed E-state index contributed by atoms with van der Waals surface area (Å²) in [5.41, 5.74) is 8.06. The van der Waals surface area contributed by atoms with Crippen molar-refractivity contribution < 1.29 is 33.3 Å². The summed E-state index contributed by atoms with van der Waals surface area (Å²) in [7, 11) is 4.84. The molecule has 13 heteroatoms. The monoisotopic (exact) mass is 839 g/mol. The van der Waals surface area contributed by atoms with Gasteiger partial charge in [-0.25, -0.2) is 0 Å². The molecule has 0 bridgehead atoms. The molecule has 0 spiro atoms. The van der Waals surface area contributed by atoms with E-state index in [9.17, 15) is 14.4 Å². The number of para-hydroxylation sites is 2. The number of carbonyl (C=O) groups excluding carboxylic acids is 3. The number of nitrogens with one attached hydrogen (secondary N) is 2. The van der Waals surface area contributed by atoms with Gasteiger partial charge in [0, 0.05) is 66.6 Å². The lowest BCUT2D eigenvalue weighted by molar-refractivity contribution is -0.116. The standard InChI is InChI=1S/C48H49N5O7S/c1-48(2,61)16-14-45(54)51-33-19-29(27-59-43-24-37(49-3)35(22-41(43)57-4)46(55)52-17-15-31-10-6-8-12-39(31)52)18-30(20-33)28-60-44-25-38-36(23-42(44)58-5)47(56)53-34(26-50-38)21-32-11-7-9-13-40(32)53/h6-13,18-20,22-26,34,49,61H,14-17,21,27-28H2,1-5H3,(H,51,54). The molecule has 0 aromatic heterocycles. The number of thiol groups is 1. The molecule has 2 N–H and O–H groups in total. The first-order valence-electron chi connectivity index (χ1n) is 20.3. The lowest BCUT2D eigenvalue weighted by Gasteiger charge is -2.22. The molecule has 5 aromatic rings. The van der Waals surface area contributed by atoms with Gasteiger partial charge in [-0.1, -0.05) is 50.2 Å².